The molecule has 0 unspecified atom stereocenters. The molecule has 0 aromatic carbocycles. The third kappa shape index (κ3) is 13.8. The summed E-state index contributed by atoms with van der Waals surface area (Å²) in [6.07, 6.45) is -2.58. The summed E-state index contributed by atoms with van der Waals surface area (Å²) in [5, 5.41) is 11.1. The number of hydrogen-bond donors (Lipinski definition) is 1. The van der Waals surface area contributed by atoms with Crippen molar-refractivity contribution in [3.05, 3.63) is 0 Å². The Morgan fingerprint density at radius 2 is 1.50 bits per heavy atom. The van der Waals surface area contributed by atoms with Gasteiger partial charge in [-0.3, -0.25) is 0 Å². The van der Waals surface area contributed by atoms with Crippen LogP contribution in [0.3, 0.4) is 0 Å². The molecule has 0 fully saturated rings. The highest BCUT2D eigenvalue weighted by atomic mass is 19.4. The van der Waals surface area contributed by atoms with Crippen LogP contribution in [0.25, 0.3) is 0 Å². The lowest BCUT2D eigenvalue weighted by Gasteiger charge is -2.03. The van der Waals surface area contributed by atoms with E-state index in [4.69, 9.17) is 9.90 Å². The van der Waals surface area contributed by atoms with Crippen LogP contribution in [0.15, 0.2) is 0 Å². The Hall–Kier alpha value is -0.780. The molecule has 0 aromatic heterocycles. The monoisotopic (exact) mass is 215 g/mol. The fourth-order valence-electron chi connectivity index (χ4n) is 0.553. The van der Waals surface area contributed by atoms with E-state index in [9.17, 15) is 13.2 Å². The molecule has 0 aliphatic heterocycles. The lowest BCUT2D eigenvalue weighted by Crippen LogP contribution is -2.84. The maximum atomic E-state index is 10.5. The summed E-state index contributed by atoms with van der Waals surface area (Å²) in [5.74, 6) is -3.01. The fraction of sp³-hybridized carbons (Fsp3) is 0.875. The topological polar surface area (TPSA) is 56.7 Å². The van der Waals surface area contributed by atoms with Gasteiger partial charge < -0.3 is 15.2 Å². The molecular weight excluding hydrogens is 199 g/mol. The van der Waals surface area contributed by atoms with Crippen molar-refractivity contribution in [3.8, 4) is 0 Å². The third-order valence-corrected chi connectivity index (χ3v) is 1.22. The van der Waals surface area contributed by atoms with Crippen LogP contribution in [0.2, 0.25) is 0 Å². The van der Waals surface area contributed by atoms with Crippen LogP contribution in [0.5, 0.6) is 0 Å². The van der Waals surface area contributed by atoms with E-state index < -0.39 is 12.1 Å². The molecule has 0 amide bonds. The first-order valence-corrected chi connectivity index (χ1v) is 4.46. The first-order chi connectivity index (χ1) is 6.36. The number of aliphatic carboxylic acids is 1. The van der Waals surface area contributed by atoms with Crippen LogP contribution in [0.1, 0.15) is 26.7 Å². The highest BCUT2D eigenvalue weighted by molar-refractivity contribution is 5.70. The maximum Gasteiger partial charge on any atom is 0.430 e. The molecule has 0 saturated carbocycles. The minimum Gasteiger partial charge on any atom is -0.542 e. The third-order valence-electron chi connectivity index (χ3n) is 1.22. The maximum absolute atomic E-state index is 10.5. The van der Waals surface area contributed by atoms with Gasteiger partial charge in [-0.25, -0.2) is 0 Å². The molecule has 14 heavy (non-hydrogen) atoms. The normalized spacial score (nSPS) is 10.4. The van der Waals surface area contributed by atoms with Gasteiger partial charge in [0.05, 0.1) is 13.1 Å². The molecule has 6 heteroatoms. The van der Waals surface area contributed by atoms with Gasteiger partial charge in [-0.15, -0.1) is 0 Å². The zero-order valence-electron chi connectivity index (χ0n) is 8.36. The number of alkyl halides is 3. The Balaban J connectivity index is 0. The van der Waals surface area contributed by atoms with Gasteiger partial charge in [0.2, 0.25) is 0 Å². The van der Waals surface area contributed by atoms with Crippen LogP contribution < -0.4 is 10.4 Å². The number of rotatable bonds is 4. The smallest absolute Gasteiger partial charge is 0.430 e. The molecule has 3 nitrogen and oxygen atoms in total. The summed E-state index contributed by atoms with van der Waals surface area (Å²) >= 11 is 0. The molecule has 2 N–H and O–H groups in total. The van der Waals surface area contributed by atoms with Crippen molar-refractivity contribution < 1.29 is 28.4 Å². The van der Waals surface area contributed by atoms with Gasteiger partial charge in [0.15, 0.2) is 0 Å². The molecule has 0 heterocycles. The van der Waals surface area contributed by atoms with Crippen molar-refractivity contribution in [1.29, 1.82) is 0 Å². The van der Waals surface area contributed by atoms with Crippen LogP contribution >= 0.6 is 0 Å². The van der Waals surface area contributed by atoms with Crippen LogP contribution in [0, 0.1) is 0 Å². The summed E-state index contributed by atoms with van der Waals surface area (Å²) in [7, 11) is 0. The van der Waals surface area contributed by atoms with Gasteiger partial charge in [-0.1, -0.05) is 13.8 Å². The van der Waals surface area contributed by atoms with E-state index >= 15 is 0 Å². The molecule has 86 valence electrons. The Morgan fingerprint density at radius 1 is 1.21 bits per heavy atom. The molecule has 0 radical (unpaired) electrons. The summed E-state index contributed by atoms with van der Waals surface area (Å²) < 4.78 is 31.5. The average molecular weight is 215 g/mol. The van der Waals surface area contributed by atoms with Crippen LogP contribution in [0.4, 0.5) is 13.2 Å². The number of carbonyl (C=O) groups excluding carboxylic acids is 1. The summed E-state index contributed by atoms with van der Waals surface area (Å²) in [5.41, 5.74) is 0. The summed E-state index contributed by atoms with van der Waals surface area (Å²) in [6.45, 7) is 7.03. The van der Waals surface area contributed by atoms with Crippen molar-refractivity contribution in [2.45, 2.75) is 32.9 Å². The van der Waals surface area contributed by atoms with E-state index in [1.807, 2.05) is 0 Å². The second kappa shape index (κ2) is 8.80. The minimum atomic E-state index is -5.19. The number of halogens is 3. The van der Waals surface area contributed by atoms with E-state index in [0.717, 1.165) is 0 Å². The molecule has 0 aromatic rings. The zero-order valence-corrected chi connectivity index (χ0v) is 8.36. The fourth-order valence-corrected chi connectivity index (χ4v) is 0.553. The van der Waals surface area contributed by atoms with Gasteiger partial charge in [0, 0.05) is 0 Å². The second-order valence-corrected chi connectivity index (χ2v) is 2.65. The molecule has 0 rings (SSSR count). The van der Waals surface area contributed by atoms with E-state index in [0.29, 0.717) is 0 Å². The Kier molecular flexibility index (Phi) is 9.86. The Labute approximate surface area is 81.3 Å². The summed E-state index contributed by atoms with van der Waals surface area (Å²) in [6, 6.07) is 0. The predicted molar refractivity (Wildman–Crippen MR) is 43.3 cm³/mol. The van der Waals surface area contributed by atoms with E-state index in [1.54, 1.807) is 0 Å². The van der Waals surface area contributed by atoms with Crippen molar-refractivity contribution in [2.24, 2.45) is 0 Å². The second-order valence-electron chi connectivity index (χ2n) is 2.65. The van der Waals surface area contributed by atoms with Gasteiger partial charge in [-0.2, -0.15) is 13.2 Å². The van der Waals surface area contributed by atoms with Crippen molar-refractivity contribution in [1.82, 2.24) is 0 Å². The van der Waals surface area contributed by atoms with E-state index in [-0.39, 0.29) is 0 Å². The molecule has 0 atom stereocenters. The van der Waals surface area contributed by atoms with Crippen molar-refractivity contribution in [3.63, 3.8) is 0 Å². The highest BCUT2D eigenvalue weighted by Gasteiger charge is 2.28. The Bertz CT molecular complexity index is 144. The van der Waals surface area contributed by atoms with Gasteiger partial charge in [0.25, 0.3) is 0 Å². The molecular formula is C8H16F3NO2. The number of quaternary nitrogens is 1. The number of carbonyl (C=O) groups is 1. The summed E-state index contributed by atoms with van der Waals surface area (Å²) in [4.78, 5) is 8.78. The first-order valence-electron chi connectivity index (χ1n) is 4.46. The minimum absolute atomic E-state index is 1.30. The van der Waals surface area contributed by atoms with E-state index in [2.05, 4.69) is 19.2 Å². The quantitative estimate of drug-likeness (QED) is 0.653. The van der Waals surface area contributed by atoms with Crippen molar-refractivity contribution >= 4 is 5.97 Å². The van der Waals surface area contributed by atoms with E-state index in [1.165, 1.54) is 25.9 Å². The predicted octanol–water partition coefficient (Wildman–Crippen LogP) is -0.332. The standard InChI is InChI=1S/C6H15N.C2HF3O2/c1-3-5-7-6-4-2;3-2(4,5)1(6)7/h7H,3-6H2,1-2H3;(H,6,7). The highest BCUT2D eigenvalue weighted by Crippen LogP contribution is 2.11. The lowest BCUT2D eigenvalue weighted by molar-refractivity contribution is -0.654. The molecule has 0 aliphatic carbocycles. The van der Waals surface area contributed by atoms with Gasteiger partial charge in [0.1, 0.15) is 5.97 Å². The molecule has 0 spiro atoms. The molecule has 0 aliphatic rings. The molecule has 0 bridgehead atoms. The largest absolute Gasteiger partial charge is 0.542 e. The zero-order chi connectivity index (χ0) is 11.6. The number of hydrogen-bond acceptors (Lipinski definition) is 2. The Morgan fingerprint density at radius 3 is 1.64 bits per heavy atom. The molecule has 0 saturated heterocycles. The van der Waals surface area contributed by atoms with Crippen LogP contribution in [-0.2, 0) is 4.79 Å². The van der Waals surface area contributed by atoms with Gasteiger partial charge >= 0.3 is 6.18 Å². The SMILES string of the molecule is CCC[NH2+]CCC.O=C([O-])C(F)(F)F. The first kappa shape index (κ1) is 15.7. The van der Waals surface area contributed by atoms with Crippen molar-refractivity contribution in [2.75, 3.05) is 13.1 Å². The van der Waals surface area contributed by atoms with Gasteiger partial charge in [-0.05, 0) is 12.8 Å². The number of carboxylic acids is 1. The lowest BCUT2D eigenvalue weighted by atomic mass is 10.4. The average Bonchev–Trinajstić information content (AvgIpc) is 2.05. The van der Waals surface area contributed by atoms with Crippen LogP contribution in [-0.4, -0.2) is 25.2 Å². The number of nitrogens with two attached hydrogens (primary N) is 1. The number of carboxylic acid groups (broad SMARTS) is 1.